The van der Waals surface area contributed by atoms with Crippen LogP contribution < -0.4 is 16.0 Å². The predicted octanol–water partition coefficient (Wildman–Crippen LogP) is 1.44. The average molecular weight is 318 g/mol. The van der Waals surface area contributed by atoms with Crippen LogP contribution in [0.3, 0.4) is 0 Å². The Hall–Kier alpha value is -1.59. The maximum atomic E-state index is 11.6. The minimum Gasteiger partial charge on any atom is -0.369 e. The molecular weight excluding hydrogens is 288 g/mol. The van der Waals surface area contributed by atoms with Gasteiger partial charge in [0.15, 0.2) is 0 Å². The summed E-state index contributed by atoms with van der Waals surface area (Å²) in [5.74, 6) is -0.0750. The second-order valence-corrected chi connectivity index (χ2v) is 6.85. The van der Waals surface area contributed by atoms with Crippen LogP contribution in [-0.2, 0) is 4.79 Å². The molecule has 128 valence electrons. The molecule has 1 aromatic rings. The Morgan fingerprint density at radius 2 is 1.78 bits per heavy atom. The predicted molar refractivity (Wildman–Crippen MR) is 95.6 cm³/mol. The van der Waals surface area contributed by atoms with Gasteiger partial charge in [-0.25, -0.2) is 0 Å². The normalized spacial score (nSPS) is 16.4. The second-order valence-electron chi connectivity index (χ2n) is 6.85. The van der Waals surface area contributed by atoms with E-state index in [-0.39, 0.29) is 5.91 Å². The van der Waals surface area contributed by atoms with E-state index >= 15 is 0 Å². The van der Waals surface area contributed by atoms with Gasteiger partial charge in [0.2, 0.25) is 5.91 Å². The van der Waals surface area contributed by atoms with E-state index in [2.05, 4.69) is 45.4 Å². The van der Waals surface area contributed by atoms with Crippen LogP contribution in [0.1, 0.15) is 26.7 Å². The molecule has 0 aromatic heterocycles. The van der Waals surface area contributed by atoms with Crippen molar-refractivity contribution in [2.45, 2.75) is 32.2 Å². The zero-order chi connectivity index (χ0) is 16.7. The first-order chi connectivity index (χ1) is 11.0. The van der Waals surface area contributed by atoms with Crippen molar-refractivity contribution < 1.29 is 4.79 Å². The van der Waals surface area contributed by atoms with E-state index < -0.39 is 5.54 Å². The van der Waals surface area contributed by atoms with Gasteiger partial charge in [0.05, 0.1) is 5.54 Å². The zero-order valence-corrected chi connectivity index (χ0v) is 14.4. The fourth-order valence-electron chi connectivity index (χ4n) is 2.76. The van der Waals surface area contributed by atoms with Crippen LogP contribution in [0.2, 0.25) is 0 Å². The largest absolute Gasteiger partial charge is 0.369 e. The van der Waals surface area contributed by atoms with E-state index in [0.29, 0.717) is 6.54 Å². The minimum absolute atomic E-state index is 0.0750. The molecule has 5 heteroatoms. The summed E-state index contributed by atoms with van der Waals surface area (Å²) in [5, 5.41) is 2.90. The Morgan fingerprint density at radius 1 is 1.13 bits per heavy atom. The van der Waals surface area contributed by atoms with Crippen molar-refractivity contribution in [1.82, 2.24) is 10.2 Å². The summed E-state index contributed by atoms with van der Waals surface area (Å²) in [4.78, 5) is 16.6. The van der Waals surface area contributed by atoms with E-state index in [1.807, 2.05) is 0 Å². The van der Waals surface area contributed by atoms with Crippen LogP contribution in [0, 0.1) is 0 Å². The van der Waals surface area contributed by atoms with Gasteiger partial charge in [0, 0.05) is 38.4 Å². The van der Waals surface area contributed by atoms with Gasteiger partial charge in [-0.05, 0) is 45.4 Å². The van der Waals surface area contributed by atoms with Gasteiger partial charge in [0.25, 0.3) is 0 Å². The molecule has 0 aliphatic carbocycles. The van der Waals surface area contributed by atoms with Gasteiger partial charge in [-0.2, -0.15) is 0 Å². The van der Waals surface area contributed by atoms with Crippen molar-refractivity contribution >= 4 is 11.6 Å². The molecule has 0 saturated carbocycles. The lowest BCUT2D eigenvalue weighted by atomic mass is 10.1. The van der Waals surface area contributed by atoms with E-state index in [0.717, 1.165) is 45.6 Å². The molecule has 1 fully saturated rings. The number of anilines is 1. The summed E-state index contributed by atoms with van der Waals surface area (Å²) >= 11 is 0. The summed E-state index contributed by atoms with van der Waals surface area (Å²) in [6.07, 6.45) is 2.11. The monoisotopic (exact) mass is 318 g/mol. The number of carbonyl (C=O) groups excluding carboxylic acids is 1. The first kappa shape index (κ1) is 17.8. The molecule has 0 unspecified atom stereocenters. The van der Waals surface area contributed by atoms with E-state index in [1.54, 1.807) is 13.8 Å². The first-order valence-corrected chi connectivity index (χ1v) is 8.56. The van der Waals surface area contributed by atoms with Crippen molar-refractivity contribution in [1.29, 1.82) is 0 Å². The number of hydrogen-bond donors (Lipinski definition) is 2. The number of carbonyl (C=O) groups is 1. The van der Waals surface area contributed by atoms with E-state index in [1.165, 1.54) is 5.69 Å². The van der Waals surface area contributed by atoms with Crippen LogP contribution in [0.5, 0.6) is 0 Å². The third-order valence-corrected chi connectivity index (χ3v) is 4.27. The maximum Gasteiger partial charge on any atom is 0.239 e. The van der Waals surface area contributed by atoms with Crippen LogP contribution in [0.25, 0.3) is 0 Å². The second kappa shape index (κ2) is 8.31. The average Bonchev–Trinajstić information content (AvgIpc) is 2.55. The minimum atomic E-state index is -0.784. The molecule has 1 amide bonds. The number of amides is 1. The highest BCUT2D eigenvalue weighted by Gasteiger charge is 2.21. The summed E-state index contributed by atoms with van der Waals surface area (Å²) in [6, 6.07) is 10.6. The summed E-state index contributed by atoms with van der Waals surface area (Å²) in [5.41, 5.74) is 6.28. The lowest BCUT2D eigenvalue weighted by Crippen LogP contribution is -2.49. The zero-order valence-electron chi connectivity index (χ0n) is 14.4. The highest BCUT2D eigenvalue weighted by Crippen LogP contribution is 2.15. The number of para-hydroxylation sites is 1. The van der Waals surface area contributed by atoms with Crippen molar-refractivity contribution in [3.63, 3.8) is 0 Å². The van der Waals surface area contributed by atoms with Crippen molar-refractivity contribution in [2.24, 2.45) is 5.73 Å². The number of nitrogens with zero attached hydrogens (tertiary/aromatic N) is 2. The fourth-order valence-corrected chi connectivity index (χ4v) is 2.76. The molecular formula is C18H30N4O. The standard InChI is InChI=1S/C18H30N4O/c1-18(2,19)17(23)20-10-6-7-11-21-12-14-22(15-13-21)16-8-4-3-5-9-16/h3-5,8-9H,6-7,10-15,19H2,1-2H3,(H,20,23). The van der Waals surface area contributed by atoms with Gasteiger partial charge < -0.3 is 16.0 Å². The highest BCUT2D eigenvalue weighted by molar-refractivity contribution is 5.84. The van der Waals surface area contributed by atoms with Gasteiger partial charge in [-0.3, -0.25) is 9.69 Å². The molecule has 0 atom stereocenters. The first-order valence-electron chi connectivity index (χ1n) is 8.56. The molecule has 2 rings (SSSR count). The molecule has 1 aliphatic heterocycles. The van der Waals surface area contributed by atoms with Crippen molar-refractivity contribution in [3.05, 3.63) is 30.3 Å². The van der Waals surface area contributed by atoms with E-state index in [4.69, 9.17) is 5.73 Å². The maximum absolute atomic E-state index is 11.6. The number of piperazine rings is 1. The Balaban J connectivity index is 1.58. The molecule has 3 N–H and O–H groups in total. The van der Waals surface area contributed by atoms with E-state index in [9.17, 15) is 4.79 Å². The summed E-state index contributed by atoms with van der Waals surface area (Å²) in [6.45, 7) is 9.66. The third kappa shape index (κ3) is 5.84. The number of nitrogens with one attached hydrogen (secondary N) is 1. The quantitative estimate of drug-likeness (QED) is 0.747. The SMILES string of the molecule is CC(C)(N)C(=O)NCCCCN1CCN(c2ccccc2)CC1. The molecule has 1 saturated heterocycles. The number of unbranched alkanes of at least 4 members (excludes halogenated alkanes) is 1. The Kier molecular flexibility index (Phi) is 6.42. The third-order valence-electron chi connectivity index (χ3n) is 4.27. The molecule has 1 heterocycles. The van der Waals surface area contributed by atoms with Gasteiger partial charge >= 0.3 is 0 Å². The Bertz CT molecular complexity index is 476. The number of benzene rings is 1. The molecule has 1 aliphatic rings. The molecule has 0 radical (unpaired) electrons. The smallest absolute Gasteiger partial charge is 0.239 e. The topological polar surface area (TPSA) is 61.6 Å². The lowest BCUT2D eigenvalue weighted by Gasteiger charge is -2.36. The Labute approximate surface area is 139 Å². The van der Waals surface area contributed by atoms with Gasteiger partial charge in [-0.1, -0.05) is 18.2 Å². The fraction of sp³-hybridized carbons (Fsp3) is 0.611. The van der Waals surface area contributed by atoms with Crippen LogP contribution in [0.4, 0.5) is 5.69 Å². The lowest BCUT2D eigenvalue weighted by molar-refractivity contribution is -0.125. The Morgan fingerprint density at radius 3 is 2.39 bits per heavy atom. The van der Waals surface area contributed by atoms with Gasteiger partial charge in [-0.15, -0.1) is 0 Å². The van der Waals surface area contributed by atoms with Crippen molar-refractivity contribution in [3.8, 4) is 0 Å². The van der Waals surface area contributed by atoms with Gasteiger partial charge in [0.1, 0.15) is 0 Å². The number of rotatable bonds is 7. The van der Waals surface area contributed by atoms with Crippen LogP contribution in [-0.4, -0.2) is 55.6 Å². The number of hydrogen-bond acceptors (Lipinski definition) is 4. The summed E-state index contributed by atoms with van der Waals surface area (Å²) in [7, 11) is 0. The number of nitrogens with two attached hydrogens (primary N) is 1. The summed E-state index contributed by atoms with van der Waals surface area (Å²) < 4.78 is 0. The van der Waals surface area contributed by atoms with Crippen LogP contribution in [0.15, 0.2) is 30.3 Å². The molecule has 1 aromatic carbocycles. The molecule has 0 bridgehead atoms. The highest BCUT2D eigenvalue weighted by atomic mass is 16.2. The molecule has 0 spiro atoms. The van der Waals surface area contributed by atoms with Crippen LogP contribution >= 0.6 is 0 Å². The molecule has 23 heavy (non-hydrogen) atoms. The van der Waals surface area contributed by atoms with Crippen molar-refractivity contribution in [2.75, 3.05) is 44.2 Å². The molecule has 5 nitrogen and oxygen atoms in total.